The zero-order valence-electron chi connectivity index (χ0n) is 30.3. The van der Waals surface area contributed by atoms with E-state index < -0.39 is 105 Å². The number of rotatable bonds is 11. The quantitative estimate of drug-likeness (QED) is 0.0755. The van der Waals surface area contributed by atoms with Crippen LogP contribution in [0.3, 0.4) is 0 Å². The summed E-state index contributed by atoms with van der Waals surface area (Å²) in [6.07, 6.45) is -7.49. The summed E-state index contributed by atoms with van der Waals surface area (Å²) in [7, 11) is 0. The summed E-state index contributed by atoms with van der Waals surface area (Å²) >= 11 is 12.4. The number of allylic oxidation sites excluding steroid dienone is 2. The number of anilines is 1. The molecule has 2 aliphatic carbocycles. The third-order valence-corrected chi connectivity index (χ3v) is 12.0. The van der Waals surface area contributed by atoms with Crippen LogP contribution in [-0.4, -0.2) is 67.6 Å². The molecule has 12 nitrogen and oxygen atoms in total. The molecule has 4 amide bonds. The minimum Gasteiger partial charge on any atom is -0.508 e. The number of carboxylic acids is 1. The van der Waals surface area contributed by atoms with Crippen molar-refractivity contribution in [2.24, 2.45) is 23.7 Å². The Morgan fingerprint density at radius 1 is 0.932 bits per heavy atom. The highest BCUT2D eigenvalue weighted by Gasteiger charge is 2.70. The molecule has 4 aliphatic rings. The van der Waals surface area contributed by atoms with Crippen molar-refractivity contribution < 1.29 is 65.3 Å². The van der Waals surface area contributed by atoms with Crippen molar-refractivity contribution in [1.82, 2.24) is 14.9 Å². The fourth-order valence-corrected chi connectivity index (χ4v) is 9.43. The van der Waals surface area contributed by atoms with Crippen LogP contribution in [0.4, 0.5) is 32.2 Å². The maximum absolute atomic E-state index is 15.3. The van der Waals surface area contributed by atoms with Gasteiger partial charge in [-0.15, -0.1) is 13.2 Å². The fourth-order valence-electron chi connectivity index (χ4n) is 9.10. The smallest absolute Gasteiger partial charge is 0.508 e. The van der Waals surface area contributed by atoms with Crippen molar-refractivity contribution in [3.05, 3.63) is 93.1 Å². The number of aromatic hydroxyl groups is 1. The van der Waals surface area contributed by atoms with Crippen LogP contribution in [-0.2, 0) is 35.6 Å². The summed E-state index contributed by atoms with van der Waals surface area (Å²) in [6, 6.07) is 8.77. The molecular weight excluding hydrogens is 837 g/mol. The molecule has 1 saturated carbocycles. The molecule has 3 heterocycles. The van der Waals surface area contributed by atoms with E-state index in [1.165, 1.54) is 24.3 Å². The first-order valence-corrected chi connectivity index (χ1v) is 19.0. The van der Waals surface area contributed by atoms with E-state index in [2.05, 4.69) is 15.1 Å². The first-order chi connectivity index (χ1) is 27.7. The van der Waals surface area contributed by atoms with Gasteiger partial charge in [-0.1, -0.05) is 53.4 Å². The van der Waals surface area contributed by atoms with Crippen molar-refractivity contribution in [3.8, 4) is 11.5 Å². The van der Waals surface area contributed by atoms with E-state index in [9.17, 15) is 50.6 Å². The molecule has 3 aromatic rings. The lowest BCUT2D eigenvalue weighted by Crippen LogP contribution is -2.53. The van der Waals surface area contributed by atoms with Crippen molar-refractivity contribution in [1.29, 1.82) is 0 Å². The summed E-state index contributed by atoms with van der Waals surface area (Å²) in [5.41, 5.74) is -0.874. The number of aliphatic carboxylic acids is 1. The Kier molecular flexibility index (Phi) is 10.9. The highest BCUT2D eigenvalue weighted by Crippen LogP contribution is 2.65. The Morgan fingerprint density at radius 2 is 1.64 bits per heavy atom. The number of nitrogens with zero attached hydrogens (tertiary/aromatic N) is 3. The molecule has 0 spiro atoms. The van der Waals surface area contributed by atoms with Crippen LogP contribution < -0.4 is 10.2 Å². The van der Waals surface area contributed by atoms with Gasteiger partial charge >= 0.3 is 18.5 Å². The molecule has 3 N–H and O–H groups in total. The Hall–Kier alpha value is -5.36. The van der Waals surface area contributed by atoms with Gasteiger partial charge in [-0.25, -0.2) is 4.98 Å². The monoisotopic (exact) mass is 868 g/mol. The van der Waals surface area contributed by atoms with Gasteiger partial charge in [0, 0.05) is 35.7 Å². The van der Waals surface area contributed by atoms with Gasteiger partial charge in [-0.3, -0.25) is 34.3 Å². The van der Waals surface area contributed by atoms with E-state index in [4.69, 9.17) is 28.3 Å². The molecule has 59 heavy (non-hydrogen) atoms. The number of alkyl halides is 6. The number of carbonyl (C=O) groups excluding carboxylic acids is 4. The number of hydrogen-bond acceptors (Lipinski definition) is 9. The Morgan fingerprint density at radius 3 is 2.29 bits per heavy atom. The topological polar surface area (TPSA) is 166 Å². The van der Waals surface area contributed by atoms with Crippen LogP contribution in [0, 0.1) is 23.7 Å². The van der Waals surface area contributed by atoms with Crippen LogP contribution in [0.15, 0.2) is 66.4 Å². The predicted molar refractivity (Wildman–Crippen MR) is 194 cm³/mol. The maximum Gasteiger partial charge on any atom is 0.573 e. The van der Waals surface area contributed by atoms with Gasteiger partial charge in [-0.2, -0.15) is 18.2 Å². The minimum atomic E-state index is -5.20. The van der Waals surface area contributed by atoms with E-state index >= 15 is 4.79 Å². The molecule has 7 rings (SSSR count). The Bertz CT molecular complexity index is 2270. The molecule has 0 bridgehead atoms. The predicted octanol–water partition coefficient (Wildman–Crippen LogP) is 7.64. The van der Waals surface area contributed by atoms with Gasteiger partial charge in [0.1, 0.15) is 11.5 Å². The van der Waals surface area contributed by atoms with Crippen LogP contribution in [0.1, 0.15) is 61.1 Å². The first kappa shape index (κ1) is 41.8. The number of nitrogens with one attached hydrogen (secondary N) is 1. The van der Waals surface area contributed by atoms with Crippen molar-refractivity contribution >= 4 is 58.6 Å². The number of hydrogen-bond donors (Lipinski definition) is 3. The lowest BCUT2D eigenvalue weighted by atomic mass is 9.49. The van der Waals surface area contributed by atoms with E-state index in [1.54, 1.807) is 6.08 Å². The largest absolute Gasteiger partial charge is 0.573 e. The van der Waals surface area contributed by atoms with E-state index in [0.717, 1.165) is 23.1 Å². The van der Waals surface area contributed by atoms with Gasteiger partial charge in [-0.05, 0) is 73.6 Å². The highest BCUT2D eigenvalue weighted by atomic mass is 35.5. The number of aromatic nitrogens is 1. The second-order valence-electron chi connectivity index (χ2n) is 14.7. The van der Waals surface area contributed by atoms with Crippen molar-refractivity contribution in [2.45, 2.75) is 62.4 Å². The Balaban J connectivity index is 1.38. The third kappa shape index (κ3) is 7.45. The average molecular weight is 870 g/mol. The first-order valence-electron chi connectivity index (χ1n) is 18.2. The third-order valence-electron chi connectivity index (χ3n) is 11.5. The van der Waals surface area contributed by atoms with Crippen LogP contribution in [0.25, 0.3) is 0 Å². The number of unbranched alkanes of at least 4 members (excludes halogenated alkanes) is 2. The highest BCUT2D eigenvalue weighted by molar-refractivity contribution is 6.33. The van der Waals surface area contributed by atoms with Gasteiger partial charge in [0.2, 0.25) is 11.8 Å². The van der Waals surface area contributed by atoms with E-state index in [1.807, 2.05) is 0 Å². The second kappa shape index (κ2) is 15.3. The molecule has 6 atom stereocenters. The molecule has 0 radical (unpaired) electrons. The summed E-state index contributed by atoms with van der Waals surface area (Å²) in [6.45, 7) is -0.0263. The number of fused-ring (bicyclic) bond motifs is 4. The second-order valence-corrected chi connectivity index (χ2v) is 15.6. The lowest BCUT2D eigenvalue weighted by Gasteiger charge is -2.50. The van der Waals surface area contributed by atoms with Crippen molar-refractivity contribution in [3.63, 3.8) is 0 Å². The number of carbonyl (C=O) groups is 5. The number of benzene rings is 2. The number of halogens is 8. The van der Waals surface area contributed by atoms with E-state index in [0.29, 0.717) is 36.5 Å². The van der Waals surface area contributed by atoms with Crippen molar-refractivity contribution in [2.75, 3.05) is 12.0 Å². The molecule has 2 aliphatic heterocycles. The molecule has 2 aromatic carbocycles. The lowest BCUT2D eigenvalue weighted by molar-refractivity contribution is -0.274. The zero-order chi connectivity index (χ0) is 42.8. The molecule has 20 heteroatoms. The maximum atomic E-state index is 15.3. The van der Waals surface area contributed by atoms with E-state index in [-0.39, 0.29) is 47.5 Å². The van der Waals surface area contributed by atoms with Crippen LogP contribution in [0.5, 0.6) is 11.5 Å². The number of phenolic OH excluding ortho intramolecular Hbond substituents is 1. The van der Waals surface area contributed by atoms with Crippen LogP contribution >= 0.6 is 23.2 Å². The minimum absolute atomic E-state index is 0.0263. The van der Waals surface area contributed by atoms with Gasteiger partial charge in [0.05, 0.1) is 33.8 Å². The standard InChI is InChI=1S/C39H32Cl2F6N4O8/c40-20-7-5-18(6-8-20)37-26(34(56)51(36(37)58)49-32-27(41)14-19(17-48-32)38(42,43)44)16-24-22(31(37)25-15-21(9-12-28(25)52)59-39(45,46)47)10-11-23-30(24)35(57)50(33(23)55)13-3-1-2-4-29(53)54/h5-10,12,14-15,17,23-24,26,30-31,52H,1-4,11,13,16H2,(H,48,49)(H,53,54)/t23-,24+,26-,30-,31+,37+/m0/s1. The molecule has 3 fully saturated rings. The number of phenols is 1. The number of hydrazine groups is 1. The average Bonchev–Trinajstić information content (AvgIpc) is 3.52. The number of imide groups is 2. The zero-order valence-corrected chi connectivity index (χ0v) is 31.8. The number of ether oxygens (including phenoxy) is 1. The molecule has 312 valence electrons. The number of pyridine rings is 1. The molecular formula is C39H32Cl2F6N4O8. The molecule has 2 saturated heterocycles. The van der Waals surface area contributed by atoms with Crippen LogP contribution in [0.2, 0.25) is 10.0 Å². The number of amides is 4. The van der Waals surface area contributed by atoms with Gasteiger partial charge in [0.25, 0.3) is 11.8 Å². The summed E-state index contributed by atoms with van der Waals surface area (Å²) in [4.78, 5) is 73.9. The van der Waals surface area contributed by atoms with Gasteiger partial charge < -0.3 is 14.9 Å². The number of likely N-dealkylation sites (tertiary alicyclic amines) is 1. The molecule has 0 unspecified atom stereocenters. The molecule has 1 aromatic heterocycles. The summed E-state index contributed by atoms with van der Waals surface area (Å²) in [5, 5.41) is 20.5. The normalized spacial score (nSPS) is 25.4. The summed E-state index contributed by atoms with van der Waals surface area (Å²) < 4.78 is 85.4. The SMILES string of the molecule is O=C(O)CCCCCN1C(=O)[C@H]2[C@H](CC=C3[C@H]2C[C@H]2C(=O)N(Nc4ncc(C(F)(F)F)cc4Cl)C(=O)[C@@]2(c2ccc(Cl)cc2)[C@H]3c2cc(OC(F)(F)F)ccc2O)C1=O. The number of carboxylic acid groups (broad SMARTS) is 1. The Labute approximate surface area is 340 Å². The van der Waals surface area contributed by atoms with Gasteiger partial charge in [0.15, 0.2) is 5.82 Å². The summed E-state index contributed by atoms with van der Waals surface area (Å²) in [5.74, 6) is -12.2. The fraction of sp³-hybridized carbons (Fsp3) is 0.385.